The molecule has 0 spiro atoms. The fourth-order valence-corrected chi connectivity index (χ4v) is 3.64. The number of alkyl halides is 3. The van der Waals surface area contributed by atoms with Crippen LogP contribution in [0.2, 0.25) is 5.02 Å². The van der Waals surface area contributed by atoms with Crippen molar-refractivity contribution < 1.29 is 18.0 Å². The Hall–Kier alpha value is -2.07. The van der Waals surface area contributed by atoms with E-state index in [1.54, 1.807) is 15.9 Å². The molecular formula is C16H17ClF3N5OS. The van der Waals surface area contributed by atoms with Crippen molar-refractivity contribution in [1.29, 1.82) is 0 Å². The minimum Gasteiger partial charge on any atom is -0.343 e. The number of rotatable bonds is 3. The molecule has 1 fully saturated rings. The molecule has 0 aliphatic carbocycles. The molecule has 3 rings (SSSR count). The number of anilines is 1. The first kappa shape index (κ1) is 19.7. The first-order chi connectivity index (χ1) is 12.8. The predicted molar refractivity (Wildman–Crippen MR) is 97.1 cm³/mol. The molecule has 0 bridgehead atoms. The monoisotopic (exact) mass is 419 g/mol. The summed E-state index contributed by atoms with van der Waals surface area (Å²) >= 11 is 6.59. The van der Waals surface area contributed by atoms with Crippen LogP contribution in [-0.2, 0) is 12.7 Å². The van der Waals surface area contributed by atoms with Crippen LogP contribution in [0.15, 0.2) is 18.2 Å². The summed E-state index contributed by atoms with van der Waals surface area (Å²) in [5.41, 5.74) is 1.85. The highest BCUT2D eigenvalue weighted by atomic mass is 35.5. The number of benzene rings is 1. The van der Waals surface area contributed by atoms with Gasteiger partial charge < -0.3 is 15.1 Å². The first-order valence-electron chi connectivity index (χ1n) is 8.18. The number of urea groups is 1. The van der Waals surface area contributed by atoms with Crippen LogP contribution in [0.5, 0.6) is 0 Å². The van der Waals surface area contributed by atoms with Crippen LogP contribution in [0, 0.1) is 6.92 Å². The minimum atomic E-state index is -4.49. The van der Waals surface area contributed by atoms with Gasteiger partial charge in [0.1, 0.15) is 0 Å². The number of amides is 2. The molecule has 1 aliphatic rings. The second-order valence-corrected chi connectivity index (χ2v) is 7.41. The zero-order valence-electron chi connectivity index (χ0n) is 14.4. The van der Waals surface area contributed by atoms with Crippen LogP contribution in [0.25, 0.3) is 0 Å². The summed E-state index contributed by atoms with van der Waals surface area (Å²) in [7, 11) is 0. The van der Waals surface area contributed by atoms with Gasteiger partial charge in [-0.3, -0.25) is 0 Å². The standard InChI is InChI=1S/C16H17ClF3N5OS/c1-10-11(3-2-4-12(10)17)9-21-14(26)24-5-7-25(8-6-24)15-23-22-13(27-15)16(18,19)20/h2-4H,5-9H2,1H3,(H,21,26). The molecule has 1 N–H and O–H groups in total. The summed E-state index contributed by atoms with van der Waals surface area (Å²) in [5, 5.41) is 9.56. The number of carbonyl (C=O) groups is 1. The van der Waals surface area contributed by atoms with Crippen molar-refractivity contribution in [2.75, 3.05) is 31.1 Å². The lowest BCUT2D eigenvalue weighted by atomic mass is 10.1. The third-order valence-corrected chi connectivity index (χ3v) is 5.74. The summed E-state index contributed by atoms with van der Waals surface area (Å²) in [6.45, 7) is 3.82. The molecule has 146 valence electrons. The Morgan fingerprint density at radius 2 is 1.96 bits per heavy atom. The average molecular weight is 420 g/mol. The van der Waals surface area contributed by atoms with E-state index in [2.05, 4.69) is 15.5 Å². The molecule has 0 radical (unpaired) electrons. The van der Waals surface area contributed by atoms with E-state index >= 15 is 0 Å². The second kappa shape index (κ2) is 7.89. The van der Waals surface area contributed by atoms with Gasteiger partial charge in [-0.15, -0.1) is 10.2 Å². The summed E-state index contributed by atoms with van der Waals surface area (Å²) in [5.74, 6) is 0. The number of carbonyl (C=O) groups excluding carboxylic acids is 1. The van der Waals surface area contributed by atoms with Crippen molar-refractivity contribution in [2.24, 2.45) is 0 Å². The Kier molecular flexibility index (Phi) is 5.75. The Balaban J connectivity index is 1.52. The van der Waals surface area contributed by atoms with E-state index in [4.69, 9.17) is 11.6 Å². The molecule has 2 heterocycles. The topological polar surface area (TPSA) is 61.4 Å². The maximum absolute atomic E-state index is 12.6. The van der Waals surface area contributed by atoms with E-state index in [-0.39, 0.29) is 11.2 Å². The molecule has 6 nitrogen and oxygen atoms in total. The second-order valence-electron chi connectivity index (χ2n) is 6.04. The number of nitrogens with zero attached hydrogens (tertiary/aromatic N) is 4. The molecule has 1 aromatic carbocycles. The predicted octanol–water partition coefficient (Wildman–Crippen LogP) is 3.55. The number of piperazine rings is 1. The Labute approximate surface area is 162 Å². The number of halogens is 4. The third kappa shape index (κ3) is 4.62. The Morgan fingerprint density at radius 3 is 2.59 bits per heavy atom. The van der Waals surface area contributed by atoms with Crippen LogP contribution in [-0.4, -0.2) is 47.3 Å². The molecule has 0 unspecified atom stereocenters. The smallest absolute Gasteiger partial charge is 0.343 e. The van der Waals surface area contributed by atoms with E-state index in [1.807, 2.05) is 19.1 Å². The van der Waals surface area contributed by atoms with Crippen molar-refractivity contribution in [2.45, 2.75) is 19.6 Å². The van der Waals surface area contributed by atoms with Crippen molar-refractivity contribution in [3.63, 3.8) is 0 Å². The minimum absolute atomic E-state index is 0.219. The van der Waals surface area contributed by atoms with Gasteiger partial charge >= 0.3 is 12.2 Å². The largest absolute Gasteiger partial charge is 0.445 e. The quantitative estimate of drug-likeness (QED) is 0.826. The van der Waals surface area contributed by atoms with E-state index in [9.17, 15) is 18.0 Å². The maximum Gasteiger partial charge on any atom is 0.445 e. The van der Waals surface area contributed by atoms with Crippen LogP contribution in [0.4, 0.5) is 23.1 Å². The molecule has 0 saturated carbocycles. The maximum atomic E-state index is 12.6. The highest BCUT2D eigenvalue weighted by Crippen LogP contribution is 2.34. The van der Waals surface area contributed by atoms with Gasteiger partial charge in [0.15, 0.2) is 0 Å². The zero-order chi connectivity index (χ0) is 19.6. The van der Waals surface area contributed by atoms with Crippen molar-refractivity contribution >= 4 is 34.1 Å². The summed E-state index contributed by atoms with van der Waals surface area (Å²) in [6, 6.07) is 5.29. The van der Waals surface area contributed by atoms with Crippen LogP contribution in [0.3, 0.4) is 0 Å². The fourth-order valence-electron chi connectivity index (χ4n) is 2.68. The molecule has 2 aromatic rings. The van der Waals surface area contributed by atoms with E-state index in [0.717, 1.165) is 11.1 Å². The number of hydrogen-bond acceptors (Lipinski definition) is 5. The molecule has 27 heavy (non-hydrogen) atoms. The third-order valence-electron chi connectivity index (χ3n) is 4.30. The first-order valence-corrected chi connectivity index (χ1v) is 9.37. The van der Waals surface area contributed by atoms with Crippen molar-refractivity contribution in [3.8, 4) is 0 Å². The van der Waals surface area contributed by atoms with Crippen molar-refractivity contribution in [3.05, 3.63) is 39.4 Å². The molecule has 1 aromatic heterocycles. The summed E-state index contributed by atoms with van der Waals surface area (Å²) < 4.78 is 37.9. The van der Waals surface area contributed by atoms with Crippen LogP contribution in [0.1, 0.15) is 16.1 Å². The van der Waals surface area contributed by atoms with Crippen molar-refractivity contribution in [1.82, 2.24) is 20.4 Å². The van der Waals surface area contributed by atoms with E-state index in [0.29, 0.717) is 49.1 Å². The van der Waals surface area contributed by atoms with Gasteiger partial charge in [0.2, 0.25) is 10.1 Å². The van der Waals surface area contributed by atoms with Gasteiger partial charge in [0.05, 0.1) is 0 Å². The van der Waals surface area contributed by atoms with Gasteiger partial charge in [-0.2, -0.15) is 13.2 Å². The zero-order valence-corrected chi connectivity index (χ0v) is 16.0. The molecule has 1 saturated heterocycles. The number of nitrogens with one attached hydrogen (secondary N) is 1. The van der Waals surface area contributed by atoms with E-state index in [1.165, 1.54) is 0 Å². The molecular weight excluding hydrogens is 403 g/mol. The van der Waals surface area contributed by atoms with Gasteiger partial charge in [0.25, 0.3) is 0 Å². The average Bonchev–Trinajstić information content (AvgIpc) is 3.13. The number of aromatic nitrogens is 2. The Bertz CT molecular complexity index is 821. The highest BCUT2D eigenvalue weighted by Gasteiger charge is 2.36. The van der Waals surface area contributed by atoms with Gasteiger partial charge in [-0.1, -0.05) is 35.1 Å². The van der Waals surface area contributed by atoms with Gasteiger partial charge in [0, 0.05) is 37.7 Å². The lowest BCUT2D eigenvalue weighted by Gasteiger charge is -2.34. The molecule has 11 heteroatoms. The SMILES string of the molecule is Cc1c(Cl)cccc1CNC(=O)N1CCN(c2nnc(C(F)(F)F)s2)CC1. The van der Waals surface area contributed by atoms with Crippen LogP contribution < -0.4 is 10.2 Å². The summed E-state index contributed by atoms with van der Waals surface area (Å²) in [4.78, 5) is 15.7. The molecule has 2 amide bonds. The molecule has 0 atom stereocenters. The van der Waals surface area contributed by atoms with E-state index < -0.39 is 11.2 Å². The fraction of sp³-hybridized carbons (Fsp3) is 0.438. The van der Waals surface area contributed by atoms with Gasteiger partial charge in [-0.05, 0) is 24.1 Å². The lowest BCUT2D eigenvalue weighted by Crippen LogP contribution is -2.51. The summed E-state index contributed by atoms with van der Waals surface area (Å²) in [6.07, 6.45) is -4.49. The number of hydrogen-bond donors (Lipinski definition) is 1. The van der Waals surface area contributed by atoms with Crippen LogP contribution >= 0.6 is 22.9 Å². The Morgan fingerprint density at radius 1 is 1.26 bits per heavy atom. The highest BCUT2D eigenvalue weighted by molar-refractivity contribution is 7.15. The molecule has 1 aliphatic heterocycles. The lowest BCUT2D eigenvalue weighted by molar-refractivity contribution is -0.138. The normalized spacial score (nSPS) is 15.1. The van der Waals surface area contributed by atoms with Gasteiger partial charge in [-0.25, -0.2) is 4.79 Å².